The Bertz CT molecular complexity index is 1300. The molecule has 0 fully saturated rings. The van der Waals surface area contributed by atoms with E-state index in [0.717, 1.165) is 16.7 Å². The summed E-state index contributed by atoms with van der Waals surface area (Å²) in [5.41, 5.74) is 2.36. The van der Waals surface area contributed by atoms with Gasteiger partial charge in [0.15, 0.2) is 0 Å². The minimum absolute atomic E-state index is 0.0186. The van der Waals surface area contributed by atoms with Gasteiger partial charge in [-0.15, -0.1) is 0 Å². The molecule has 0 aliphatic heterocycles. The highest BCUT2D eigenvalue weighted by Gasteiger charge is 2.23. The molecule has 3 aromatic rings. The molecule has 1 atom stereocenters. The van der Waals surface area contributed by atoms with Crippen molar-refractivity contribution in [3.63, 3.8) is 0 Å². The summed E-state index contributed by atoms with van der Waals surface area (Å²) in [6, 6.07) is 25.9. The molecule has 0 saturated carbocycles. The van der Waals surface area contributed by atoms with Crippen molar-refractivity contribution < 1.29 is 38.2 Å². The van der Waals surface area contributed by atoms with Crippen LogP contribution in [0.15, 0.2) is 91.0 Å². The second-order valence-electron chi connectivity index (χ2n) is 9.08. The Hall–Kier alpha value is -5.19. The van der Waals surface area contributed by atoms with Crippen molar-refractivity contribution >= 4 is 29.8 Å². The zero-order valence-corrected chi connectivity index (χ0v) is 23.0. The molecule has 0 aliphatic rings. The van der Waals surface area contributed by atoms with Crippen LogP contribution >= 0.6 is 0 Å². The monoisotopic (exact) mass is 575 g/mol. The van der Waals surface area contributed by atoms with E-state index in [1.54, 1.807) is 60.7 Å². The SMILES string of the molecule is O=C(CNC(=O)OCc1ccccc1)NC(CCC(=O)OCc1ccccc1)C(=O)NCC(=O)OCc1ccccc1. The van der Waals surface area contributed by atoms with E-state index in [2.05, 4.69) is 16.0 Å². The number of alkyl carbamates (subject to hydrolysis) is 1. The summed E-state index contributed by atoms with van der Waals surface area (Å²) in [4.78, 5) is 61.8. The molecule has 3 N–H and O–H groups in total. The summed E-state index contributed by atoms with van der Waals surface area (Å²) in [6.07, 6.45) is -1.11. The Morgan fingerprint density at radius 1 is 0.571 bits per heavy atom. The predicted octanol–water partition coefficient (Wildman–Crippen LogP) is 2.78. The third kappa shape index (κ3) is 12.3. The van der Waals surface area contributed by atoms with Gasteiger partial charge in [0.2, 0.25) is 11.8 Å². The lowest BCUT2D eigenvalue weighted by Gasteiger charge is -2.18. The Morgan fingerprint density at radius 3 is 1.57 bits per heavy atom. The van der Waals surface area contributed by atoms with Crippen LogP contribution in [-0.4, -0.2) is 49.0 Å². The van der Waals surface area contributed by atoms with Crippen molar-refractivity contribution in [1.82, 2.24) is 16.0 Å². The minimum atomic E-state index is -1.19. The number of amides is 3. The van der Waals surface area contributed by atoms with E-state index >= 15 is 0 Å². The quantitative estimate of drug-likeness (QED) is 0.185. The zero-order chi connectivity index (χ0) is 30.0. The predicted molar refractivity (Wildman–Crippen MR) is 151 cm³/mol. The standard InChI is InChI=1S/C31H33N3O8/c35-27(18-33-31(39)42-22-25-14-8-3-9-15-25)34-26(16-17-28(36)40-20-23-10-4-1-5-11-23)30(38)32-19-29(37)41-21-24-12-6-2-7-13-24/h1-15,26H,16-22H2,(H,32,38)(H,33,39)(H,34,35). The molecule has 11 heteroatoms. The fourth-order valence-electron chi connectivity index (χ4n) is 3.58. The van der Waals surface area contributed by atoms with Gasteiger partial charge in [-0.05, 0) is 23.1 Å². The number of carbonyl (C=O) groups excluding carboxylic acids is 5. The van der Waals surface area contributed by atoms with Gasteiger partial charge in [-0.1, -0.05) is 91.0 Å². The smallest absolute Gasteiger partial charge is 0.407 e. The van der Waals surface area contributed by atoms with Crippen LogP contribution < -0.4 is 16.0 Å². The van der Waals surface area contributed by atoms with Crippen LogP contribution in [0, 0.1) is 0 Å². The van der Waals surface area contributed by atoms with E-state index in [4.69, 9.17) is 14.2 Å². The highest BCUT2D eigenvalue weighted by molar-refractivity contribution is 5.91. The van der Waals surface area contributed by atoms with E-state index in [1.165, 1.54) is 0 Å². The van der Waals surface area contributed by atoms with Crippen LogP contribution in [0.3, 0.4) is 0 Å². The van der Waals surface area contributed by atoms with Crippen LogP contribution in [0.1, 0.15) is 29.5 Å². The Kier molecular flexibility index (Phi) is 13.1. The van der Waals surface area contributed by atoms with Gasteiger partial charge in [-0.3, -0.25) is 19.2 Å². The molecule has 0 spiro atoms. The number of hydrogen-bond donors (Lipinski definition) is 3. The molecule has 11 nitrogen and oxygen atoms in total. The Morgan fingerprint density at radius 2 is 1.05 bits per heavy atom. The molecular formula is C31H33N3O8. The van der Waals surface area contributed by atoms with Gasteiger partial charge in [0.1, 0.15) is 39.0 Å². The first kappa shape index (κ1) is 31.3. The molecular weight excluding hydrogens is 542 g/mol. The third-order valence-electron chi connectivity index (χ3n) is 5.79. The topological polar surface area (TPSA) is 149 Å². The molecule has 0 radical (unpaired) electrons. The molecule has 0 bridgehead atoms. The molecule has 0 heterocycles. The summed E-state index contributed by atoms with van der Waals surface area (Å²) >= 11 is 0. The second-order valence-corrected chi connectivity index (χ2v) is 9.08. The van der Waals surface area contributed by atoms with Crippen molar-refractivity contribution in [3.05, 3.63) is 108 Å². The molecule has 42 heavy (non-hydrogen) atoms. The average Bonchev–Trinajstić information content (AvgIpc) is 3.03. The van der Waals surface area contributed by atoms with Crippen molar-refractivity contribution in [2.45, 2.75) is 38.7 Å². The Labute approximate surface area is 243 Å². The van der Waals surface area contributed by atoms with Gasteiger partial charge in [-0.25, -0.2) is 4.79 Å². The summed E-state index contributed by atoms with van der Waals surface area (Å²) in [7, 11) is 0. The van der Waals surface area contributed by atoms with E-state index in [9.17, 15) is 24.0 Å². The number of carbonyl (C=O) groups is 5. The molecule has 0 aliphatic carbocycles. The number of ether oxygens (including phenoxy) is 3. The lowest BCUT2D eigenvalue weighted by atomic mass is 10.1. The molecule has 3 aromatic carbocycles. The summed E-state index contributed by atoms with van der Waals surface area (Å²) < 4.78 is 15.5. The molecule has 220 valence electrons. The maximum Gasteiger partial charge on any atom is 0.407 e. The van der Waals surface area contributed by atoms with Gasteiger partial charge in [-0.2, -0.15) is 0 Å². The molecule has 3 amide bonds. The van der Waals surface area contributed by atoms with Gasteiger partial charge in [0.25, 0.3) is 0 Å². The van der Waals surface area contributed by atoms with Crippen molar-refractivity contribution in [3.8, 4) is 0 Å². The maximum absolute atomic E-state index is 12.8. The van der Waals surface area contributed by atoms with Crippen molar-refractivity contribution in [2.75, 3.05) is 13.1 Å². The fourth-order valence-corrected chi connectivity index (χ4v) is 3.58. The van der Waals surface area contributed by atoms with Crippen LogP contribution in [0.2, 0.25) is 0 Å². The number of nitrogens with one attached hydrogen (secondary N) is 3. The highest BCUT2D eigenvalue weighted by Crippen LogP contribution is 2.06. The minimum Gasteiger partial charge on any atom is -0.461 e. The van der Waals surface area contributed by atoms with Gasteiger partial charge < -0.3 is 30.2 Å². The van der Waals surface area contributed by atoms with E-state index in [-0.39, 0.29) is 32.7 Å². The molecule has 3 rings (SSSR count). The lowest BCUT2D eigenvalue weighted by Crippen LogP contribution is -2.50. The van der Waals surface area contributed by atoms with Crippen molar-refractivity contribution in [1.29, 1.82) is 0 Å². The first-order valence-corrected chi connectivity index (χ1v) is 13.3. The number of hydrogen-bond acceptors (Lipinski definition) is 8. The molecule has 0 saturated heterocycles. The number of esters is 2. The summed E-state index contributed by atoms with van der Waals surface area (Å²) in [5.74, 6) is -2.66. The summed E-state index contributed by atoms with van der Waals surface area (Å²) in [6.45, 7) is -0.805. The average molecular weight is 576 g/mol. The zero-order valence-electron chi connectivity index (χ0n) is 23.0. The number of rotatable bonds is 15. The fraction of sp³-hybridized carbons (Fsp3) is 0.258. The third-order valence-corrected chi connectivity index (χ3v) is 5.79. The van der Waals surface area contributed by atoms with E-state index < -0.39 is 49.0 Å². The van der Waals surface area contributed by atoms with Gasteiger partial charge >= 0.3 is 18.0 Å². The van der Waals surface area contributed by atoms with E-state index in [1.807, 2.05) is 30.3 Å². The Balaban J connectivity index is 1.47. The maximum atomic E-state index is 12.8. The highest BCUT2D eigenvalue weighted by atomic mass is 16.5. The van der Waals surface area contributed by atoms with Crippen LogP contribution in [0.4, 0.5) is 4.79 Å². The van der Waals surface area contributed by atoms with Gasteiger partial charge in [0, 0.05) is 6.42 Å². The largest absolute Gasteiger partial charge is 0.461 e. The lowest BCUT2D eigenvalue weighted by molar-refractivity contribution is -0.147. The first-order valence-electron chi connectivity index (χ1n) is 13.3. The van der Waals surface area contributed by atoms with Crippen LogP contribution in [0.5, 0.6) is 0 Å². The normalized spacial score (nSPS) is 11.0. The first-order chi connectivity index (χ1) is 20.4. The van der Waals surface area contributed by atoms with E-state index in [0.29, 0.717) is 0 Å². The summed E-state index contributed by atoms with van der Waals surface area (Å²) in [5, 5.41) is 7.20. The van der Waals surface area contributed by atoms with Crippen LogP contribution in [0.25, 0.3) is 0 Å². The molecule has 1 unspecified atom stereocenters. The van der Waals surface area contributed by atoms with Crippen LogP contribution in [-0.2, 0) is 53.2 Å². The molecule has 0 aromatic heterocycles. The number of benzene rings is 3. The second kappa shape index (κ2) is 17.5. The van der Waals surface area contributed by atoms with Crippen molar-refractivity contribution in [2.24, 2.45) is 0 Å². The van der Waals surface area contributed by atoms with Gasteiger partial charge in [0.05, 0.1) is 0 Å².